The van der Waals surface area contributed by atoms with E-state index in [9.17, 15) is 0 Å². The molecular weight excluding hydrogens is 264 g/mol. The number of ether oxygens (including phenoxy) is 2. The van der Waals surface area contributed by atoms with Crippen molar-refractivity contribution in [3.8, 4) is 11.5 Å². The number of benzene rings is 1. The topological polar surface area (TPSA) is 47.7 Å². The molecule has 0 spiro atoms. The average Bonchev–Trinajstić information content (AvgIpc) is 2.54. The van der Waals surface area contributed by atoms with E-state index in [4.69, 9.17) is 15.2 Å². The van der Waals surface area contributed by atoms with Gasteiger partial charge in [-0.05, 0) is 57.8 Å². The van der Waals surface area contributed by atoms with Gasteiger partial charge in [-0.2, -0.15) is 0 Å². The molecule has 0 aromatic heterocycles. The molecule has 0 amide bonds. The molecule has 118 valence electrons. The highest BCUT2D eigenvalue weighted by Gasteiger charge is 2.24. The summed E-state index contributed by atoms with van der Waals surface area (Å²) in [6.07, 6.45) is 3.66. The fourth-order valence-corrected chi connectivity index (χ4v) is 3.22. The van der Waals surface area contributed by atoms with Crippen LogP contribution in [-0.4, -0.2) is 38.8 Å². The van der Waals surface area contributed by atoms with E-state index >= 15 is 0 Å². The van der Waals surface area contributed by atoms with Crippen molar-refractivity contribution >= 4 is 0 Å². The summed E-state index contributed by atoms with van der Waals surface area (Å²) in [5.41, 5.74) is 6.90. The second-order valence-electron chi connectivity index (χ2n) is 5.84. The maximum atomic E-state index is 5.67. The number of likely N-dealkylation sites (tertiary alicyclic amines) is 1. The summed E-state index contributed by atoms with van der Waals surface area (Å²) < 4.78 is 10.8. The second-order valence-corrected chi connectivity index (χ2v) is 5.84. The molecule has 1 aliphatic heterocycles. The summed E-state index contributed by atoms with van der Waals surface area (Å²) in [5.74, 6) is 2.55. The van der Waals surface area contributed by atoms with Gasteiger partial charge in [0.25, 0.3) is 0 Å². The predicted molar refractivity (Wildman–Crippen MR) is 85.9 cm³/mol. The molecule has 2 N–H and O–H groups in total. The molecule has 1 unspecified atom stereocenters. The zero-order valence-corrected chi connectivity index (χ0v) is 13.5. The molecule has 1 heterocycles. The van der Waals surface area contributed by atoms with Gasteiger partial charge in [-0.25, -0.2) is 0 Å². The third kappa shape index (κ3) is 3.89. The minimum atomic E-state index is 0.365. The van der Waals surface area contributed by atoms with Crippen LogP contribution in [0.2, 0.25) is 0 Å². The fourth-order valence-electron chi connectivity index (χ4n) is 3.22. The first-order valence-corrected chi connectivity index (χ1v) is 7.85. The third-order valence-corrected chi connectivity index (χ3v) is 4.66. The highest BCUT2D eigenvalue weighted by atomic mass is 16.5. The van der Waals surface area contributed by atoms with Crippen LogP contribution >= 0.6 is 0 Å². The lowest BCUT2D eigenvalue weighted by Crippen LogP contribution is -2.36. The summed E-state index contributed by atoms with van der Waals surface area (Å²) >= 11 is 0. The van der Waals surface area contributed by atoms with Gasteiger partial charge in [0, 0.05) is 17.7 Å². The number of nitrogens with two attached hydrogens (primary N) is 1. The molecule has 4 heteroatoms. The number of methoxy groups -OCH3 is 2. The standard InChI is InChI=1S/C17H28N2O2/c1-13(19-10-7-14(6-9-18)8-11-19)16-5-4-15(20-2)12-17(16)21-3/h4-5,12-14H,6-11,18H2,1-3H3. The normalized spacial score (nSPS) is 18.5. The van der Waals surface area contributed by atoms with Gasteiger partial charge in [0.05, 0.1) is 14.2 Å². The van der Waals surface area contributed by atoms with E-state index in [0.717, 1.165) is 43.5 Å². The van der Waals surface area contributed by atoms with Crippen molar-refractivity contribution in [1.82, 2.24) is 4.90 Å². The van der Waals surface area contributed by atoms with Crippen LogP contribution in [-0.2, 0) is 0 Å². The Hall–Kier alpha value is -1.26. The van der Waals surface area contributed by atoms with Gasteiger partial charge >= 0.3 is 0 Å². The summed E-state index contributed by atoms with van der Waals surface area (Å²) in [5, 5.41) is 0. The highest BCUT2D eigenvalue weighted by molar-refractivity contribution is 5.42. The van der Waals surface area contributed by atoms with Gasteiger partial charge in [0.2, 0.25) is 0 Å². The molecular formula is C17H28N2O2. The van der Waals surface area contributed by atoms with Crippen molar-refractivity contribution in [2.24, 2.45) is 11.7 Å². The molecule has 0 saturated carbocycles. The molecule has 1 aliphatic rings. The lowest BCUT2D eigenvalue weighted by Gasteiger charge is -2.36. The Balaban J connectivity index is 2.05. The lowest BCUT2D eigenvalue weighted by atomic mass is 9.92. The van der Waals surface area contributed by atoms with Crippen molar-refractivity contribution in [2.75, 3.05) is 33.9 Å². The van der Waals surface area contributed by atoms with Gasteiger partial charge in [-0.3, -0.25) is 4.90 Å². The molecule has 1 aromatic carbocycles. The maximum Gasteiger partial charge on any atom is 0.127 e. The Morgan fingerprint density at radius 1 is 1.24 bits per heavy atom. The fraction of sp³-hybridized carbons (Fsp3) is 0.647. The van der Waals surface area contributed by atoms with Crippen molar-refractivity contribution < 1.29 is 9.47 Å². The quantitative estimate of drug-likeness (QED) is 0.876. The summed E-state index contributed by atoms with van der Waals surface area (Å²) in [6, 6.07) is 6.46. The first-order chi connectivity index (χ1) is 10.2. The number of nitrogens with zero attached hydrogens (tertiary/aromatic N) is 1. The molecule has 0 aliphatic carbocycles. The molecule has 4 nitrogen and oxygen atoms in total. The molecule has 1 fully saturated rings. The van der Waals surface area contributed by atoms with E-state index in [0.29, 0.717) is 6.04 Å². The Bertz CT molecular complexity index is 442. The van der Waals surface area contributed by atoms with E-state index in [1.807, 2.05) is 12.1 Å². The van der Waals surface area contributed by atoms with Crippen LogP contribution in [0, 0.1) is 5.92 Å². The Morgan fingerprint density at radius 3 is 2.52 bits per heavy atom. The first-order valence-electron chi connectivity index (χ1n) is 7.85. The Kier molecular flexibility index (Phi) is 5.88. The summed E-state index contributed by atoms with van der Waals surface area (Å²) in [7, 11) is 3.40. The largest absolute Gasteiger partial charge is 0.497 e. The number of hydrogen-bond acceptors (Lipinski definition) is 4. The minimum absolute atomic E-state index is 0.365. The highest BCUT2D eigenvalue weighted by Crippen LogP contribution is 2.34. The van der Waals surface area contributed by atoms with Gasteiger partial charge in [-0.1, -0.05) is 6.07 Å². The van der Waals surface area contributed by atoms with Crippen molar-refractivity contribution in [2.45, 2.75) is 32.2 Å². The average molecular weight is 292 g/mol. The van der Waals surface area contributed by atoms with Crippen LogP contribution in [0.15, 0.2) is 18.2 Å². The number of rotatable bonds is 6. The smallest absolute Gasteiger partial charge is 0.127 e. The molecule has 1 atom stereocenters. The molecule has 2 rings (SSSR count). The predicted octanol–water partition coefficient (Wildman–Crippen LogP) is 2.83. The van der Waals surface area contributed by atoms with Crippen LogP contribution in [0.25, 0.3) is 0 Å². The van der Waals surface area contributed by atoms with E-state index in [1.54, 1.807) is 14.2 Å². The zero-order chi connectivity index (χ0) is 15.2. The molecule has 0 radical (unpaired) electrons. The van der Waals surface area contributed by atoms with Crippen molar-refractivity contribution in [3.63, 3.8) is 0 Å². The van der Waals surface area contributed by atoms with Gasteiger partial charge in [-0.15, -0.1) is 0 Å². The van der Waals surface area contributed by atoms with Crippen LogP contribution in [0.4, 0.5) is 0 Å². The van der Waals surface area contributed by atoms with Crippen LogP contribution in [0.5, 0.6) is 11.5 Å². The molecule has 1 saturated heterocycles. The van der Waals surface area contributed by atoms with Gasteiger partial charge in [0.1, 0.15) is 11.5 Å². The summed E-state index contributed by atoms with van der Waals surface area (Å²) in [6.45, 7) is 5.35. The Labute approximate surface area is 128 Å². The van der Waals surface area contributed by atoms with E-state index < -0.39 is 0 Å². The Morgan fingerprint density at radius 2 is 1.95 bits per heavy atom. The minimum Gasteiger partial charge on any atom is -0.497 e. The lowest BCUT2D eigenvalue weighted by molar-refractivity contribution is 0.136. The maximum absolute atomic E-state index is 5.67. The van der Waals surface area contributed by atoms with Crippen LogP contribution < -0.4 is 15.2 Å². The van der Waals surface area contributed by atoms with Gasteiger partial charge < -0.3 is 15.2 Å². The molecule has 0 bridgehead atoms. The van der Waals surface area contributed by atoms with E-state index in [1.165, 1.54) is 18.4 Å². The van der Waals surface area contributed by atoms with E-state index in [2.05, 4.69) is 17.9 Å². The monoisotopic (exact) mass is 292 g/mol. The van der Waals surface area contributed by atoms with Crippen LogP contribution in [0.1, 0.15) is 37.8 Å². The van der Waals surface area contributed by atoms with Crippen molar-refractivity contribution in [3.05, 3.63) is 23.8 Å². The van der Waals surface area contributed by atoms with Crippen LogP contribution in [0.3, 0.4) is 0 Å². The van der Waals surface area contributed by atoms with Gasteiger partial charge in [0.15, 0.2) is 0 Å². The summed E-state index contributed by atoms with van der Waals surface area (Å²) in [4.78, 5) is 2.54. The van der Waals surface area contributed by atoms with E-state index in [-0.39, 0.29) is 0 Å². The van der Waals surface area contributed by atoms with Crippen molar-refractivity contribution in [1.29, 1.82) is 0 Å². The molecule has 1 aromatic rings. The first kappa shape index (κ1) is 16.1. The third-order valence-electron chi connectivity index (χ3n) is 4.66. The second kappa shape index (κ2) is 7.66. The SMILES string of the molecule is COc1ccc(C(C)N2CCC(CCN)CC2)c(OC)c1. The number of hydrogen-bond donors (Lipinski definition) is 1. The molecule has 21 heavy (non-hydrogen) atoms. The zero-order valence-electron chi connectivity index (χ0n) is 13.5. The number of piperidine rings is 1.